The van der Waals surface area contributed by atoms with Crippen LogP contribution in [0.3, 0.4) is 0 Å². The molecule has 0 aliphatic carbocycles. The van der Waals surface area contributed by atoms with Gasteiger partial charge in [0.2, 0.25) is 0 Å². The molecular weight excluding hydrogens is 423 g/mol. The first-order chi connectivity index (χ1) is 14.8. The molecule has 0 radical (unpaired) electrons. The van der Waals surface area contributed by atoms with Gasteiger partial charge in [-0.25, -0.2) is 24.4 Å². The number of cyclic esters (lactones) is 1. The van der Waals surface area contributed by atoms with Crippen molar-refractivity contribution in [3.8, 4) is 0 Å². The minimum Gasteiger partial charge on any atom is -0.452 e. The first-order valence-electron chi connectivity index (χ1n) is 9.47. The smallest absolute Gasteiger partial charge is 0.424 e. The molecule has 0 spiro atoms. The zero-order valence-electron chi connectivity index (χ0n) is 16.6. The highest BCUT2D eigenvalue weighted by atomic mass is 19.3. The van der Waals surface area contributed by atoms with Crippen LogP contribution in [0.4, 0.5) is 34.1 Å². The highest BCUT2D eigenvalue weighted by Gasteiger charge is 2.33. The van der Waals surface area contributed by atoms with E-state index in [-0.39, 0.29) is 25.3 Å². The van der Waals surface area contributed by atoms with E-state index in [1.54, 1.807) is 4.90 Å². The highest BCUT2D eigenvalue weighted by molar-refractivity contribution is 5.90. The number of alkyl halides is 2. The van der Waals surface area contributed by atoms with Crippen LogP contribution in [0.15, 0.2) is 18.2 Å². The lowest BCUT2D eigenvalue weighted by Gasteiger charge is -2.24. The van der Waals surface area contributed by atoms with Gasteiger partial charge in [-0.3, -0.25) is 9.69 Å². The van der Waals surface area contributed by atoms with Crippen LogP contribution in [0, 0.1) is 5.82 Å². The van der Waals surface area contributed by atoms with Gasteiger partial charge in [-0.1, -0.05) is 0 Å². The predicted octanol–water partition coefficient (Wildman–Crippen LogP) is 0.925. The third-order valence-corrected chi connectivity index (χ3v) is 4.83. The summed E-state index contributed by atoms with van der Waals surface area (Å²) < 4.78 is 49.0. The van der Waals surface area contributed by atoms with Crippen molar-refractivity contribution in [2.24, 2.45) is 0 Å². The molecule has 1 aromatic rings. The maximum Gasteiger partial charge on any atom is 0.424 e. The van der Waals surface area contributed by atoms with E-state index in [0.29, 0.717) is 25.3 Å². The van der Waals surface area contributed by atoms with Crippen molar-refractivity contribution in [3.63, 3.8) is 0 Å². The van der Waals surface area contributed by atoms with Gasteiger partial charge < -0.3 is 19.7 Å². The number of ether oxygens (including phenoxy) is 2. The number of hydrogen-bond donors (Lipinski definition) is 2. The maximum atomic E-state index is 14.8. The number of nitrogens with zero attached hydrogens (tertiary/aromatic N) is 3. The summed E-state index contributed by atoms with van der Waals surface area (Å²) in [4.78, 5) is 37.6. The van der Waals surface area contributed by atoms with Gasteiger partial charge in [0.25, 0.3) is 5.91 Å². The number of rotatable bonds is 5. The maximum absolute atomic E-state index is 14.8. The van der Waals surface area contributed by atoms with E-state index in [2.05, 4.69) is 10.2 Å². The fourth-order valence-electron chi connectivity index (χ4n) is 3.29. The third kappa shape index (κ3) is 5.29. The number of anilines is 2. The number of methoxy groups -OCH3 is 1. The predicted molar refractivity (Wildman–Crippen MR) is 102 cm³/mol. The summed E-state index contributed by atoms with van der Waals surface area (Å²) in [6.07, 6.45) is -5.30. The van der Waals surface area contributed by atoms with Crippen LogP contribution in [0.25, 0.3) is 0 Å². The molecule has 0 bridgehead atoms. The zero-order valence-corrected chi connectivity index (χ0v) is 16.6. The molecule has 2 saturated heterocycles. The molecule has 2 aliphatic rings. The molecule has 0 aromatic heterocycles. The molecule has 3 rings (SSSR count). The Hall–Kier alpha value is -3.22. The molecule has 2 fully saturated rings. The van der Waals surface area contributed by atoms with Crippen LogP contribution in [-0.4, -0.2) is 82.0 Å². The van der Waals surface area contributed by atoms with E-state index in [0.717, 1.165) is 4.90 Å². The first-order valence-corrected chi connectivity index (χ1v) is 9.47. The van der Waals surface area contributed by atoms with Gasteiger partial charge in [0.1, 0.15) is 11.9 Å². The van der Waals surface area contributed by atoms with Crippen molar-refractivity contribution >= 4 is 29.5 Å². The van der Waals surface area contributed by atoms with Crippen LogP contribution in [0.2, 0.25) is 0 Å². The Morgan fingerprint density at radius 2 is 2.10 bits per heavy atom. The van der Waals surface area contributed by atoms with Crippen molar-refractivity contribution in [1.29, 1.82) is 0 Å². The second kappa shape index (κ2) is 9.73. The SMILES string of the molecule is COC(=O)N1CCN(c2ccc(N3C[C@H](CNC(=O)C(F)F)OC3=O)cc2F)CCN1. The molecule has 0 saturated carbocycles. The second-order valence-corrected chi connectivity index (χ2v) is 6.81. The highest BCUT2D eigenvalue weighted by Crippen LogP contribution is 2.28. The van der Waals surface area contributed by atoms with E-state index >= 15 is 0 Å². The van der Waals surface area contributed by atoms with Crippen LogP contribution in [-0.2, 0) is 14.3 Å². The summed E-state index contributed by atoms with van der Waals surface area (Å²) in [5.74, 6) is -2.03. The number of amides is 3. The molecule has 3 amide bonds. The molecule has 13 heteroatoms. The fourth-order valence-corrected chi connectivity index (χ4v) is 3.29. The molecule has 2 N–H and O–H groups in total. The van der Waals surface area contributed by atoms with E-state index in [1.807, 2.05) is 5.32 Å². The zero-order chi connectivity index (χ0) is 22.5. The van der Waals surface area contributed by atoms with Crippen molar-refractivity contribution < 1.29 is 37.0 Å². The number of hydrazine groups is 1. The number of nitrogens with one attached hydrogen (secondary N) is 2. The molecule has 1 atom stereocenters. The van der Waals surface area contributed by atoms with E-state index in [1.165, 1.54) is 30.3 Å². The van der Waals surface area contributed by atoms with Crippen molar-refractivity contribution in [1.82, 2.24) is 15.8 Å². The molecule has 2 aliphatic heterocycles. The topological polar surface area (TPSA) is 103 Å². The molecule has 31 heavy (non-hydrogen) atoms. The average molecular weight is 445 g/mol. The summed E-state index contributed by atoms with van der Waals surface area (Å²) in [5.41, 5.74) is 3.42. The number of hydrogen-bond acceptors (Lipinski definition) is 7. The lowest BCUT2D eigenvalue weighted by Crippen LogP contribution is -2.43. The quantitative estimate of drug-likeness (QED) is 0.695. The molecule has 1 aromatic carbocycles. The second-order valence-electron chi connectivity index (χ2n) is 6.81. The van der Waals surface area contributed by atoms with E-state index in [9.17, 15) is 27.6 Å². The van der Waals surface area contributed by atoms with Crippen LogP contribution >= 0.6 is 0 Å². The Balaban J connectivity index is 1.63. The Morgan fingerprint density at radius 1 is 1.32 bits per heavy atom. The lowest BCUT2D eigenvalue weighted by atomic mass is 10.2. The average Bonchev–Trinajstić information content (AvgIpc) is 2.95. The fraction of sp³-hybridized carbons (Fsp3) is 0.500. The Labute approximate surface area is 175 Å². The minimum atomic E-state index is -3.16. The normalized spacial score (nSPS) is 19.3. The Bertz CT molecular complexity index is 843. The van der Waals surface area contributed by atoms with Gasteiger partial charge in [-0.05, 0) is 18.2 Å². The van der Waals surface area contributed by atoms with E-state index in [4.69, 9.17) is 4.74 Å². The first kappa shape index (κ1) is 22.5. The summed E-state index contributed by atoms with van der Waals surface area (Å²) in [5, 5.41) is 3.29. The standard InChI is InChI=1S/C18H22F3N5O5/c1-30-18(29)26-7-6-24(5-4-23-26)14-3-2-11(8-13(14)19)25-10-12(31-17(25)28)9-22-16(27)15(20)21/h2-3,8,12,15,23H,4-7,9-10H2,1H3,(H,22,27)/t12-/m0/s1. The monoisotopic (exact) mass is 445 g/mol. The van der Waals surface area contributed by atoms with Crippen LogP contribution in [0.1, 0.15) is 0 Å². The number of carbonyl (C=O) groups excluding carboxylic acids is 3. The van der Waals surface area contributed by atoms with Gasteiger partial charge >= 0.3 is 18.6 Å². The summed E-state index contributed by atoms with van der Waals surface area (Å²) >= 11 is 0. The number of halogens is 3. The van der Waals surface area contributed by atoms with Crippen molar-refractivity contribution in [3.05, 3.63) is 24.0 Å². The minimum absolute atomic E-state index is 0.0249. The summed E-state index contributed by atoms with van der Waals surface area (Å²) in [7, 11) is 1.27. The molecule has 2 heterocycles. The Morgan fingerprint density at radius 3 is 2.77 bits per heavy atom. The molecular formula is C18H22F3N5O5. The molecule has 170 valence electrons. The summed E-state index contributed by atoms with van der Waals surface area (Å²) in [6, 6.07) is 4.22. The van der Waals surface area contributed by atoms with Gasteiger partial charge in [0, 0.05) is 19.6 Å². The van der Waals surface area contributed by atoms with Gasteiger partial charge in [-0.2, -0.15) is 8.78 Å². The lowest BCUT2D eigenvalue weighted by molar-refractivity contribution is -0.132. The van der Waals surface area contributed by atoms with Gasteiger partial charge in [-0.15, -0.1) is 0 Å². The molecule has 0 unspecified atom stereocenters. The third-order valence-electron chi connectivity index (χ3n) is 4.83. The van der Waals surface area contributed by atoms with E-state index < -0.39 is 36.4 Å². The number of benzene rings is 1. The van der Waals surface area contributed by atoms with Crippen molar-refractivity contribution in [2.75, 3.05) is 56.2 Å². The van der Waals surface area contributed by atoms with Crippen LogP contribution < -0.4 is 20.5 Å². The number of carbonyl (C=O) groups is 3. The van der Waals surface area contributed by atoms with Gasteiger partial charge in [0.05, 0.1) is 38.1 Å². The summed E-state index contributed by atoms with van der Waals surface area (Å²) in [6.45, 7) is 1.16. The van der Waals surface area contributed by atoms with Crippen LogP contribution in [0.5, 0.6) is 0 Å². The van der Waals surface area contributed by atoms with Crippen molar-refractivity contribution in [2.45, 2.75) is 12.5 Å². The Kier molecular flexibility index (Phi) is 7.05. The van der Waals surface area contributed by atoms with Gasteiger partial charge in [0.15, 0.2) is 0 Å². The largest absolute Gasteiger partial charge is 0.452 e. The molecule has 10 nitrogen and oxygen atoms in total.